The SMILES string of the molecule is NC(=O)c1ccccc1CCCN1CC2CNCC2C1. The maximum atomic E-state index is 11.4. The van der Waals surface area contributed by atoms with Gasteiger partial charge in [-0.3, -0.25) is 4.79 Å². The van der Waals surface area contributed by atoms with Gasteiger partial charge < -0.3 is 16.0 Å². The molecule has 20 heavy (non-hydrogen) atoms. The van der Waals surface area contributed by atoms with Crippen molar-refractivity contribution in [3.63, 3.8) is 0 Å². The van der Waals surface area contributed by atoms with Crippen LogP contribution >= 0.6 is 0 Å². The number of hydrogen-bond acceptors (Lipinski definition) is 3. The average Bonchev–Trinajstić information content (AvgIpc) is 3.00. The molecule has 3 rings (SSSR count). The van der Waals surface area contributed by atoms with Gasteiger partial charge in [0.05, 0.1) is 0 Å². The molecule has 2 saturated heterocycles. The number of benzene rings is 1. The minimum absolute atomic E-state index is 0.317. The van der Waals surface area contributed by atoms with Crippen molar-refractivity contribution in [3.05, 3.63) is 35.4 Å². The number of carbonyl (C=O) groups excluding carboxylic acids is 1. The van der Waals surface area contributed by atoms with Crippen LogP contribution in [0.4, 0.5) is 0 Å². The lowest BCUT2D eigenvalue weighted by Crippen LogP contribution is -2.27. The average molecular weight is 273 g/mol. The third kappa shape index (κ3) is 2.86. The Hall–Kier alpha value is -1.39. The molecule has 108 valence electrons. The second kappa shape index (κ2) is 5.94. The summed E-state index contributed by atoms with van der Waals surface area (Å²) in [5, 5.41) is 3.47. The van der Waals surface area contributed by atoms with Gasteiger partial charge in [0.2, 0.25) is 5.91 Å². The first-order valence-electron chi connectivity index (χ1n) is 7.55. The zero-order valence-electron chi connectivity index (χ0n) is 11.8. The van der Waals surface area contributed by atoms with Gasteiger partial charge in [0.15, 0.2) is 0 Å². The number of primary amides is 1. The monoisotopic (exact) mass is 273 g/mol. The van der Waals surface area contributed by atoms with Gasteiger partial charge in [0.1, 0.15) is 0 Å². The van der Waals surface area contributed by atoms with Crippen LogP contribution in [0.3, 0.4) is 0 Å². The first-order valence-corrected chi connectivity index (χ1v) is 7.55. The van der Waals surface area contributed by atoms with E-state index in [1.54, 1.807) is 0 Å². The fraction of sp³-hybridized carbons (Fsp3) is 0.562. The first kappa shape index (κ1) is 13.6. The molecule has 0 saturated carbocycles. The molecule has 2 aliphatic rings. The number of rotatable bonds is 5. The summed E-state index contributed by atoms with van der Waals surface area (Å²) in [6, 6.07) is 7.69. The third-order valence-corrected chi connectivity index (χ3v) is 4.67. The number of hydrogen-bond donors (Lipinski definition) is 2. The van der Waals surface area contributed by atoms with Crippen molar-refractivity contribution in [2.24, 2.45) is 17.6 Å². The number of fused-ring (bicyclic) bond motifs is 1. The zero-order valence-corrected chi connectivity index (χ0v) is 11.8. The van der Waals surface area contributed by atoms with E-state index in [2.05, 4.69) is 10.2 Å². The van der Waals surface area contributed by atoms with E-state index < -0.39 is 0 Å². The van der Waals surface area contributed by atoms with Crippen LogP contribution in [0.1, 0.15) is 22.3 Å². The van der Waals surface area contributed by atoms with Crippen LogP contribution in [0.15, 0.2) is 24.3 Å². The molecular weight excluding hydrogens is 250 g/mol. The van der Waals surface area contributed by atoms with Crippen LogP contribution in [0, 0.1) is 11.8 Å². The fourth-order valence-corrected chi connectivity index (χ4v) is 3.61. The lowest BCUT2D eigenvalue weighted by molar-refractivity contribution is 0.0999. The molecular formula is C16H23N3O. The minimum atomic E-state index is -0.317. The fourth-order valence-electron chi connectivity index (χ4n) is 3.61. The molecule has 0 bridgehead atoms. The smallest absolute Gasteiger partial charge is 0.248 e. The standard InChI is InChI=1S/C16H23N3O/c17-16(20)15-6-2-1-4-12(15)5-3-7-19-10-13-8-18-9-14(13)11-19/h1-2,4,6,13-14,18H,3,5,7-11H2,(H2,17,20). The number of nitrogens with zero attached hydrogens (tertiary/aromatic N) is 1. The lowest BCUT2D eigenvalue weighted by atomic mass is 10.0. The Bertz CT molecular complexity index is 476. The third-order valence-electron chi connectivity index (χ3n) is 4.67. The summed E-state index contributed by atoms with van der Waals surface area (Å²) in [7, 11) is 0. The van der Waals surface area contributed by atoms with Gasteiger partial charge in [-0.15, -0.1) is 0 Å². The summed E-state index contributed by atoms with van der Waals surface area (Å²) in [5.74, 6) is 1.39. The van der Waals surface area contributed by atoms with Crippen LogP contribution < -0.4 is 11.1 Å². The highest BCUT2D eigenvalue weighted by Gasteiger charge is 2.35. The topological polar surface area (TPSA) is 58.4 Å². The summed E-state index contributed by atoms with van der Waals surface area (Å²) >= 11 is 0. The van der Waals surface area contributed by atoms with Crippen LogP contribution in [0.5, 0.6) is 0 Å². The second-order valence-corrected chi connectivity index (χ2v) is 6.06. The van der Waals surface area contributed by atoms with Crippen molar-refractivity contribution >= 4 is 5.91 Å². The number of amides is 1. The molecule has 1 aromatic carbocycles. The number of likely N-dealkylation sites (tertiary alicyclic amines) is 1. The number of carbonyl (C=O) groups is 1. The highest BCUT2D eigenvalue weighted by atomic mass is 16.1. The Labute approximate surface area is 120 Å². The van der Waals surface area contributed by atoms with Gasteiger partial charge in [-0.1, -0.05) is 18.2 Å². The van der Waals surface area contributed by atoms with Crippen LogP contribution in [0.25, 0.3) is 0 Å². The maximum Gasteiger partial charge on any atom is 0.248 e. The first-order chi connectivity index (χ1) is 9.74. The molecule has 0 spiro atoms. The molecule has 2 unspecified atom stereocenters. The quantitative estimate of drug-likeness (QED) is 0.837. The Morgan fingerprint density at radius 3 is 2.65 bits per heavy atom. The van der Waals surface area contributed by atoms with Crippen molar-refractivity contribution in [1.82, 2.24) is 10.2 Å². The van der Waals surface area contributed by atoms with E-state index >= 15 is 0 Å². The van der Waals surface area contributed by atoms with Gasteiger partial charge >= 0.3 is 0 Å². The van der Waals surface area contributed by atoms with Crippen LogP contribution in [0.2, 0.25) is 0 Å². The Morgan fingerprint density at radius 2 is 1.95 bits per heavy atom. The van der Waals surface area contributed by atoms with Gasteiger partial charge in [0, 0.05) is 18.7 Å². The predicted octanol–water partition coefficient (Wildman–Crippen LogP) is 0.869. The van der Waals surface area contributed by atoms with E-state index in [4.69, 9.17) is 5.73 Å². The molecule has 4 heteroatoms. The van der Waals surface area contributed by atoms with E-state index in [1.165, 1.54) is 26.2 Å². The molecule has 3 N–H and O–H groups in total. The largest absolute Gasteiger partial charge is 0.366 e. The summed E-state index contributed by atoms with van der Waals surface area (Å²) in [4.78, 5) is 14.0. The molecule has 2 atom stereocenters. The molecule has 1 aromatic rings. The molecule has 0 aliphatic carbocycles. The van der Waals surface area contributed by atoms with Crippen molar-refractivity contribution in [2.45, 2.75) is 12.8 Å². The van der Waals surface area contributed by atoms with Crippen molar-refractivity contribution in [2.75, 3.05) is 32.7 Å². The second-order valence-electron chi connectivity index (χ2n) is 6.06. The Balaban J connectivity index is 1.50. The number of aryl methyl sites for hydroxylation is 1. The minimum Gasteiger partial charge on any atom is -0.366 e. The van der Waals surface area contributed by atoms with E-state index in [0.717, 1.165) is 36.8 Å². The van der Waals surface area contributed by atoms with E-state index in [9.17, 15) is 4.79 Å². The number of nitrogens with one attached hydrogen (secondary N) is 1. The number of nitrogens with two attached hydrogens (primary N) is 1. The maximum absolute atomic E-state index is 11.4. The summed E-state index contributed by atoms with van der Waals surface area (Å²) < 4.78 is 0. The van der Waals surface area contributed by atoms with E-state index in [0.29, 0.717) is 5.56 Å². The lowest BCUT2D eigenvalue weighted by Gasteiger charge is -2.17. The normalized spacial score (nSPS) is 25.8. The molecule has 0 radical (unpaired) electrons. The van der Waals surface area contributed by atoms with Crippen molar-refractivity contribution in [3.8, 4) is 0 Å². The molecule has 1 amide bonds. The van der Waals surface area contributed by atoms with Gasteiger partial charge in [0.25, 0.3) is 0 Å². The van der Waals surface area contributed by atoms with Gasteiger partial charge in [-0.05, 0) is 55.9 Å². The van der Waals surface area contributed by atoms with Crippen molar-refractivity contribution < 1.29 is 4.79 Å². The summed E-state index contributed by atoms with van der Waals surface area (Å²) in [5.41, 5.74) is 7.17. The van der Waals surface area contributed by atoms with Crippen LogP contribution in [-0.2, 0) is 6.42 Å². The molecule has 2 fully saturated rings. The van der Waals surface area contributed by atoms with E-state index in [1.807, 2.05) is 24.3 Å². The molecule has 0 aromatic heterocycles. The van der Waals surface area contributed by atoms with Gasteiger partial charge in [-0.25, -0.2) is 0 Å². The summed E-state index contributed by atoms with van der Waals surface area (Å²) in [6.45, 7) is 5.96. The molecule has 2 aliphatic heterocycles. The Morgan fingerprint density at radius 1 is 1.25 bits per heavy atom. The van der Waals surface area contributed by atoms with Crippen molar-refractivity contribution in [1.29, 1.82) is 0 Å². The molecule has 2 heterocycles. The zero-order chi connectivity index (χ0) is 13.9. The van der Waals surface area contributed by atoms with Gasteiger partial charge in [-0.2, -0.15) is 0 Å². The Kier molecular flexibility index (Phi) is 4.03. The van der Waals surface area contributed by atoms with E-state index in [-0.39, 0.29) is 5.91 Å². The predicted molar refractivity (Wildman–Crippen MR) is 79.6 cm³/mol. The molecule has 4 nitrogen and oxygen atoms in total. The van der Waals surface area contributed by atoms with Crippen LogP contribution in [-0.4, -0.2) is 43.5 Å². The highest BCUT2D eigenvalue weighted by Crippen LogP contribution is 2.26. The summed E-state index contributed by atoms with van der Waals surface area (Å²) in [6.07, 6.45) is 2.03. The highest BCUT2D eigenvalue weighted by molar-refractivity contribution is 5.94.